The molecule has 1 saturated heterocycles. The van der Waals surface area contributed by atoms with E-state index < -0.39 is 17.1 Å². The van der Waals surface area contributed by atoms with Crippen molar-refractivity contribution in [3.05, 3.63) is 27.9 Å². The van der Waals surface area contributed by atoms with Crippen molar-refractivity contribution < 1.29 is 18.1 Å². The van der Waals surface area contributed by atoms with Crippen LogP contribution in [-0.4, -0.2) is 53.2 Å². The Bertz CT molecular complexity index is 557. The highest BCUT2D eigenvalue weighted by Crippen LogP contribution is 2.29. The van der Waals surface area contributed by atoms with E-state index in [-0.39, 0.29) is 37.7 Å². The second-order valence-corrected chi connectivity index (χ2v) is 5.35. The highest BCUT2D eigenvalue weighted by atomic mass is 19.4. The molecule has 1 fully saturated rings. The van der Waals surface area contributed by atoms with E-state index in [1.165, 1.54) is 17.2 Å². The molecule has 1 aromatic heterocycles. The van der Waals surface area contributed by atoms with Crippen molar-refractivity contribution in [2.24, 2.45) is 0 Å². The number of hydrogen-bond donors (Lipinski definition) is 0. The maximum absolute atomic E-state index is 12.7. The Labute approximate surface area is 125 Å². The van der Waals surface area contributed by atoms with Gasteiger partial charge < -0.3 is 4.90 Å². The summed E-state index contributed by atoms with van der Waals surface area (Å²) in [5, 5.41) is 11.1. The van der Waals surface area contributed by atoms with Gasteiger partial charge in [-0.05, 0) is 19.4 Å². The van der Waals surface area contributed by atoms with Crippen molar-refractivity contribution in [3.63, 3.8) is 0 Å². The zero-order chi connectivity index (χ0) is 16.5. The van der Waals surface area contributed by atoms with Gasteiger partial charge in [0.25, 0.3) is 0 Å². The zero-order valence-corrected chi connectivity index (χ0v) is 12.3. The molecule has 1 atom stereocenters. The quantitative estimate of drug-likeness (QED) is 0.632. The fourth-order valence-corrected chi connectivity index (χ4v) is 2.45. The number of nitro groups is 1. The molecule has 0 N–H and O–H groups in total. The van der Waals surface area contributed by atoms with Crippen LogP contribution in [0.3, 0.4) is 0 Å². The first-order valence-corrected chi connectivity index (χ1v) is 6.87. The molecule has 1 aliphatic heterocycles. The van der Waals surface area contributed by atoms with E-state index >= 15 is 0 Å². The molecule has 6 nitrogen and oxygen atoms in total. The monoisotopic (exact) mass is 318 g/mol. The molecule has 1 aromatic rings. The molecule has 0 saturated carbocycles. The van der Waals surface area contributed by atoms with E-state index in [0.717, 1.165) is 6.92 Å². The summed E-state index contributed by atoms with van der Waals surface area (Å²) in [4.78, 5) is 17.7. The van der Waals surface area contributed by atoms with Gasteiger partial charge in [0.2, 0.25) is 5.82 Å². The van der Waals surface area contributed by atoms with Gasteiger partial charge >= 0.3 is 11.9 Å². The number of piperazine rings is 1. The normalized spacial score (nSPS) is 18.3. The smallest absolute Gasteiger partial charge is 0.348 e. The zero-order valence-electron chi connectivity index (χ0n) is 12.3. The van der Waals surface area contributed by atoms with Gasteiger partial charge in [-0.1, -0.05) is 0 Å². The van der Waals surface area contributed by atoms with Crippen LogP contribution in [0, 0.1) is 17.0 Å². The first-order chi connectivity index (χ1) is 10.2. The van der Waals surface area contributed by atoms with E-state index in [1.807, 2.05) is 0 Å². The van der Waals surface area contributed by atoms with Crippen LogP contribution in [0.15, 0.2) is 12.3 Å². The number of aromatic nitrogens is 1. The molecule has 0 aromatic carbocycles. The van der Waals surface area contributed by atoms with Gasteiger partial charge in [0.05, 0.1) is 4.92 Å². The Morgan fingerprint density at radius 1 is 1.32 bits per heavy atom. The maximum atomic E-state index is 12.7. The van der Waals surface area contributed by atoms with Crippen LogP contribution >= 0.6 is 0 Å². The summed E-state index contributed by atoms with van der Waals surface area (Å²) in [6.45, 7) is 3.75. The minimum absolute atomic E-state index is 0.114. The molecule has 22 heavy (non-hydrogen) atoms. The van der Waals surface area contributed by atoms with Crippen molar-refractivity contribution in [1.82, 2.24) is 9.88 Å². The second-order valence-electron chi connectivity index (χ2n) is 5.35. The van der Waals surface area contributed by atoms with Crippen molar-refractivity contribution in [2.75, 3.05) is 31.1 Å². The minimum Gasteiger partial charge on any atom is -0.348 e. The Hall–Kier alpha value is -1.90. The molecule has 2 heterocycles. The largest absolute Gasteiger partial charge is 0.403 e. The number of pyridine rings is 1. The Morgan fingerprint density at radius 2 is 1.91 bits per heavy atom. The topological polar surface area (TPSA) is 62.5 Å². The Morgan fingerprint density at radius 3 is 2.41 bits per heavy atom. The summed E-state index contributed by atoms with van der Waals surface area (Å²) in [6.07, 6.45) is -2.75. The van der Waals surface area contributed by atoms with Crippen molar-refractivity contribution >= 4 is 11.5 Å². The predicted octanol–water partition coefficient (Wildman–Crippen LogP) is 2.37. The fraction of sp³-hybridized carbons (Fsp3) is 0.615. The highest BCUT2D eigenvalue weighted by molar-refractivity contribution is 5.58. The number of halogens is 3. The minimum atomic E-state index is -4.27. The lowest BCUT2D eigenvalue weighted by Crippen LogP contribution is -2.53. The predicted molar refractivity (Wildman–Crippen MR) is 74.9 cm³/mol. The van der Waals surface area contributed by atoms with Crippen LogP contribution in [-0.2, 0) is 0 Å². The summed E-state index contributed by atoms with van der Waals surface area (Å²) in [5.41, 5.74) is 0.553. The molecular weight excluding hydrogens is 301 g/mol. The van der Waals surface area contributed by atoms with Gasteiger partial charge in [0.15, 0.2) is 0 Å². The molecule has 9 heteroatoms. The molecule has 0 spiro atoms. The highest BCUT2D eigenvalue weighted by Gasteiger charge is 2.41. The average molecular weight is 318 g/mol. The van der Waals surface area contributed by atoms with E-state index in [1.54, 1.807) is 11.8 Å². The molecule has 122 valence electrons. The summed E-state index contributed by atoms with van der Waals surface area (Å²) < 4.78 is 38.1. The van der Waals surface area contributed by atoms with E-state index in [0.29, 0.717) is 5.56 Å². The average Bonchev–Trinajstić information content (AvgIpc) is 2.45. The summed E-state index contributed by atoms with van der Waals surface area (Å²) in [7, 11) is 0. The molecule has 0 radical (unpaired) electrons. The lowest BCUT2D eigenvalue weighted by atomic mass is 10.2. The SMILES string of the molecule is Cc1cnc(N2CCN([C@@H](C)C(F)(F)F)CC2)c([N+](=O)[O-])c1. The number of rotatable bonds is 3. The standard InChI is InChI=1S/C13H17F3N4O2/c1-9-7-11(20(21)22)12(17-8-9)19-5-3-18(4-6-19)10(2)13(14,15)16/h7-8,10H,3-6H2,1-2H3/t10-/m0/s1. The van der Waals surface area contributed by atoms with E-state index in [2.05, 4.69) is 4.98 Å². The number of nitrogens with zero attached hydrogens (tertiary/aromatic N) is 4. The van der Waals surface area contributed by atoms with Gasteiger partial charge in [-0.15, -0.1) is 0 Å². The molecule has 0 aliphatic carbocycles. The summed E-state index contributed by atoms with van der Waals surface area (Å²) >= 11 is 0. The third kappa shape index (κ3) is 3.46. The number of aryl methyl sites for hydroxylation is 1. The first kappa shape index (κ1) is 16.5. The number of alkyl halides is 3. The number of anilines is 1. The van der Waals surface area contributed by atoms with Crippen LogP contribution in [0.2, 0.25) is 0 Å². The lowest BCUT2D eigenvalue weighted by Gasteiger charge is -2.38. The van der Waals surface area contributed by atoms with Crippen molar-refractivity contribution in [2.45, 2.75) is 26.1 Å². The van der Waals surface area contributed by atoms with Crippen LogP contribution in [0.1, 0.15) is 12.5 Å². The van der Waals surface area contributed by atoms with Gasteiger partial charge in [-0.3, -0.25) is 15.0 Å². The third-order valence-electron chi connectivity index (χ3n) is 3.82. The molecule has 0 amide bonds. The van der Waals surface area contributed by atoms with Gasteiger partial charge in [-0.2, -0.15) is 13.2 Å². The summed E-state index contributed by atoms with van der Waals surface area (Å²) in [5.74, 6) is 0.218. The van der Waals surface area contributed by atoms with E-state index in [9.17, 15) is 23.3 Å². The van der Waals surface area contributed by atoms with Gasteiger partial charge in [0, 0.05) is 38.4 Å². The molecule has 1 aliphatic rings. The Kier molecular flexibility index (Phi) is 4.55. The molecule has 0 bridgehead atoms. The summed E-state index contributed by atoms with van der Waals surface area (Å²) in [6, 6.07) is -0.0943. The van der Waals surface area contributed by atoms with Gasteiger partial charge in [-0.25, -0.2) is 4.98 Å². The fourth-order valence-electron chi connectivity index (χ4n) is 2.45. The maximum Gasteiger partial charge on any atom is 0.403 e. The first-order valence-electron chi connectivity index (χ1n) is 6.87. The Balaban J connectivity index is 2.11. The van der Waals surface area contributed by atoms with Crippen LogP contribution < -0.4 is 4.90 Å². The van der Waals surface area contributed by atoms with Crippen LogP contribution in [0.5, 0.6) is 0 Å². The van der Waals surface area contributed by atoms with Crippen LogP contribution in [0.4, 0.5) is 24.7 Å². The van der Waals surface area contributed by atoms with Crippen LogP contribution in [0.25, 0.3) is 0 Å². The molecule has 2 rings (SSSR count). The van der Waals surface area contributed by atoms with Crippen molar-refractivity contribution in [1.29, 1.82) is 0 Å². The van der Waals surface area contributed by atoms with Gasteiger partial charge in [0.1, 0.15) is 6.04 Å². The number of hydrogen-bond acceptors (Lipinski definition) is 5. The van der Waals surface area contributed by atoms with Crippen molar-refractivity contribution in [3.8, 4) is 0 Å². The lowest BCUT2D eigenvalue weighted by molar-refractivity contribution is -0.384. The van der Waals surface area contributed by atoms with E-state index in [4.69, 9.17) is 0 Å². The third-order valence-corrected chi connectivity index (χ3v) is 3.82. The molecule has 0 unspecified atom stereocenters. The molecular formula is C13H17F3N4O2. The second kappa shape index (κ2) is 6.07.